The zero-order chi connectivity index (χ0) is 24.7. The van der Waals surface area contributed by atoms with Gasteiger partial charge < -0.3 is 20.7 Å². The van der Waals surface area contributed by atoms with Crippen molar-refractivity contribution in [3.8, 4) is 11.5 Å². The SMILES string of the molecule is CNC(=O)c1cc(Oc2ccc(NC(=O)CC(=O)Nc3cccc(C(F)(F)F)c3)cc2)ccn1. The van der Waals surface area contributed by atoms with Crippen LogP contribution < -0.4 is 20.7 Å². The maximum absolute atomic E-state index is 12.8. The van der Waals surface area contributed by atoms with Gasteiger partial charge in [0.05, 0.1) is 5.56 Å². The number of carbonyl (C=O) groups excluding carboxylic acids is 3. The lowest BCUT2D eigenvalue weighted by atomic mass is 10.2. The number of hydrogen-bond acceptors (Lipinski definition) is 5. The molecule has 0 spiro atoms. The number of pyridine rings is 1. The fourth-order valence-corrected chi connectivity index (χ4v) is 2.80. The summed E-state index contributed by atoms with van der Waals surface area (Å²) in [7, 11) is 1.49. The lowest BCUT2D eigenvalue weighted by Gasteiger charge is -2.10. The van der Waals surface area contributed by atoms with Gasteiger partial charge in [-0.1, -0.05) is 6.07 Å². The van der Waals surface area contributed by atoms with Gasteiger partial charge in [-0.2, -0.15) is 13.2 Å². The van der Waals surface area contributed by atoms with Crippen LogP contribution in [0.4, 0.5) is 24.5 Å². The molecule has 3 amide bonds. The molecule has 0 bridgehead atoms. The minimum Gasteiger partial charge on any atom is -0.457 e. The molecule has 1 heterocycles. The first-order valence-electron chi connectivity index (χ1n) is 9.87. The summed E-state index contributed by atoms with van der Waals surface area (Å²) < 4.78 is 44.0. The molecule has 2 aromatic carbocycles. The molecule has 0 aliphatic rings. The van der Waals surface area contributed by atoms with Gasteiger partial charge in [0.25, 0.3) is 5.91 Å². The topological polar surface area (TPSA) is 109 Å². The Balaban J connectivity index is 1.54. The van der Waals surface area contributed by atoms with Crippen LogP contribution in [0.1, 0.15) is 22.5 Å². The number of aromatic nitrogens is 1. The highest BCUT2D eigenvalue weighted by molar-refractivity contribution is 6.08. The number of anilines is 2. The molecule has 1 aromatic heterocycles. The molecule has 8 nitrogen and oxygen atoms in total. The second-order valence-electron chi connectivity index (χ2n) is 6.93. The Bertz CT molecular complexity index is 1200. The van der Waals surface area contributed by atoms with Gasteiger partial charge in [-0.3, -0.25) is 19.4 Å². The van der Waals surface area contributed by atoms with Crippen LogP contribution in [-0.4, -0.2) is 29.8 Å². The van der Waals surface area contributed by atoms with Crippen molar-refractivity contribution < 1.29 is 32.3 Å². The van der Waals surface area contributed by atoms with Crippen molar-refractivity contribution in [1.29, 1.82) is 0 Å². The Kier molecular flexibility index (Phi) is 7.46. The molecule has 0 aliphatic carbocycles. The standard InChI is InChI=1S/C23H19F3N4O4/c1-27-22(33)19-12-18(9-10-28-19)34-17-7-5-15(6-8-17)29-20(31)13-21(32)30-16-4-2-3-14(11-16)23(24,25)26/h2-12H,13H2,1H3,(H,27,33)(H,29,31)(H,30,32). The number of benzene rings is 2. The van der Waals surface area contributed by atoms with Gasteiger partial charge in [0.1, 0.15) is 23.6 Å². The van der Waals surface area contributed by atoms with E-state index in [0.717, 1.165) is 18.2 Å². The van der Waals surface area contributed by atoms with Crippen LogP contribution in [0.15, 0.2) is 66.9 Å². The number of carbonyl (C=O) groups is 3. The molecule has 0 saturated carbocycles. The first-order valence-corrected chi connectivity index (χ1v) is 9.87. The van der Waals surface area contributed by atoms with E-state index in [1.807, 2.05) is 0 Å². The van der Waals surface area contributed by atoms with Crippen LogP contribution in [0.3, 0.4) is 0 Å². The summed E-state index contributed by atoms with van der Waals surface area (Å²) in [5.74, 6) is -0.963. The van der Waals surface area contributed by atoms with E-state index in [1.165, 1.54) is 25.4 Å². The normalized spacial score (nSPS) is 10.8. The molecule has 0 unspecified atom stereocenters. The average molecular weight is 472 g/mol. The highest BCUT2D eigenvalue weighted by Crippen LogP contribution is 2.30. The van der Waals surface area contributed by atoms with E-state index >= 15 is 0 Å². The molecular formula is C23H19F3N4O4. The van der Waals surface area contributed by atoms with Crippen LogP contribution in [-0.2, 0) is 15.8 Å². The van der Waals surface area contributed by atoms with E-state index in [0.29, 0.717) is 17.2 Å². The third kappa shape index (κ3) is 6.79. The van der Waals surface area contributed by atoms with Crippen molar-refractivity contribution in [2.45, 2.75) is 12.6 Å². The first-order chi connectivity index (χ1) is 16.1. The summed E-state index contributed by atoms with van der Waals surface area (Å²) in [4.78, 5) is 39.7. The van der Waals surface area contributed by atoms with Gasteiger partial charge in [0.2, 0.25) is 11.8 Å². The summed E-state index contributed by atoms with van der Waals surface area (Å²) in [6.45, 7) is 0. The van der Waals surface area contributed by atoms with Gasteiger partial charge in [0, 0.05) is 30.7 Å². The van der Waals surface area contributed by atoms with Gasteiger partial charge >= 0.3 is 6.18 Å². The highest BCUT2D eigenvalue weighted by Gasteiger charge is 2.30. The molecule has 0 saturated heterocycles. The summed E-state index contributed by atoms with van der Waals surface area (Å²) in [5, 5.41) is 7.25. The van der Waals surface area contributed by atoms with Crippen LogP contribution in [0.2, 0.25) is 0 Å². The van der Waals surface area contributed by atoms with Crippen molar-refractivity contribution in [2.24, 2.45) is 0 Å². The number of hydrogen-bond donors (Lipinski definition) is 3. The number of ether oxygens (including phenoxy) is 1. The minimum absolute atomic E-state index is 0.0650. The fraction of sp³-hybridized carbons (Fsp3) is 0.130. The van der Waals surface area contributed by atoms with Gasteiger partial charge in [-0.05, 0) is 48.5 Å². The van der Waals surface area contributed by atoms with Crippen molar-refractivity contribution in [1.82, 2.24) is 10.3 Å². The average Bonchev–Trinajstić information content (AvgIpc) is 2.79. The number of nitrogens with zero attached hydrogens (tertiary/aromatic N) is 1. The van der Waals surface area contributed by atoms with E-state index in [9.17, 15) is 27.6 Å². The predicted molar refractivity (Wildman–Crippen MR) is 117 cm³/mol. The smallest absolute Gasteiger partial charge is 0.416 e. The molecule has 176 valence electrons. The largest absolute Gasteiger partial charge is 0.457 e. The van der Waals surface area contributed by atoms with Gasteiger partial charge in [-0.15, -0.1) is 0 Å². The van der Waals surface area contributed by atoms with Crippen LogP contribution >= 0.6 is 0 Å². The number of alkyl halides is 3. The predicted octanol–water partition coefficient (Wildman–Crippen LogP) is 4.22. The molecule has 0 radical (unpaired) electrons. The van der Waals surface area contributed by atoms with Crippen molar-refractivity contribution in [3.05, 3.63) is 78.1 Å². The van der Waals surface area contributed by atoms with Crippen molar-refractivity contribution in [3.63, 3.8) is 0 Å². The summed E-state index contributed by atoms with van der Waals surface area (Å²) >= 11 is 0. The van der Waals surface area contributed by atoms with Crippen molar-refractivity contribution >= 4 is 29.1 Å². The van der Waals surface area contributed by atoms with Gasteiger partial charge in [-0.25, -0.2) is 0 Å². The second-order valence-corrected chi connectivity index (χ2v) is 6.93. The van der Waals surface area contributed by atoms with Gasteiger partial charge in [0.15, 0.2) is 0 Å². The Hall–Kier alpha value is -4.41. The Morgan fingerprint density at radius 1 is 0.882 bits per heavy atom. The quantitative estimate of drug-likeness (QED) is 0.446. The van der Waals surface area contributed by atoms with E-state index in [-0.39, 0.29) is 17.3 Å². The molecule has 34 heavy (non-hydrogen) atoms. The van der Waals surface area contributed by atoms with E-state index in [4.69, 9.17) is 4.74 Å². The highest BCUT2D eigenvalue weighted by atomic mass is 19.4. The van der Waals surface area contributed by atoms with E-state index in [1.54, 1.807) is 30.3 Å². The lowest BCUT2D eigenvalue weighted by Crippen LogP contribution is -2.21. The molecular weight excluding hydrogens is 453 g/mol. The Morgan fingerprint density at radius 2 is 1.56 bits per heavy atom. The molecule has 3 rings (SSSR count). The Morgan fingerprint density at radius 3 is 2.21 bits per heavy atom. The third-order valence-corrected chi connectivity index (χ3v) is 4.36. The summed E-state index contributed by atoms with van der Waals surface area (Å²) in [6.07, 6.45) is -3.70. The molecule has 0 atom stereocenters. The summed E-state index contributed by atoms with van der Waals surface area (Å²) in [6, 6.07) is 13.4. The number of rotatable bonds is 7. The third-order valence-electron chi connectivity index (χ3n) is 4.36. The zero-order valence-electron chi connectivity index (χ0n) is 17.8. The molecule has 3 N–H and O–H groups in total. The van der Waals surface area contributed by atoms with Crippen LogP contribution in [0.5, 0.6) is 11.5 Å². The summed E-state index contributed by atoms with van der Waals surface area (Å²) in [5.41, 5.74) is -0.407. The van der Waals surface area contributed by atoms with Crippen molar-refractivity contribution in [2.75, 3.05) is 17.7 Å². The molecule has 3 aromatic rings. The number of amides is 3. The van der Waals surface area contributed by atoms with E-state index in [2.05, 4.69) is 20.9 Å². The maximum Gasteiger partial charge on any atom is 0.416 e. The fourth-order valence-electron chi connectivity index (χ4n) is 2.80. The van der Waals surface area contributed by atoms with E-state index < -0.39 is 30.0 Å². The minimum atomic E-state index is -4.54. The number of halogens is 3. The molecule has 0 aliphatic heterocycles. The maximum atomic E-state index is 12.8. The van der Waals surface area contributed by atoms with Crippen LogP contribution in [0.25, 0.3) is 0 Å². The Labute approximate surface area is 192 Å². The zero-order valence-corrected chi connectivity index (χ0v) is 17.8. The monoisotopic (exact) mass is 472 g/mol. The molecule has 0 fully saturated rings. The second kappa shape index (κ2) is 10.5. The number of nitrogens with one attached hydrogen (secondary N) is 3. The molecule has 11 heteroatoms. The first kappa shape index (κ1) is 24.2. The lowest BCUT2D eigenvalue weighted by molar-refractivity contribution is -0.137. The van der Waals surface area contributed by atoms with Crippen LogP contribution in [0, 0.1) is 0 Å².